The van der Waals surface area contributed by atoms with Gasteiger partial charge >= 0.3 is 0 Å². The summed E-state index contributed by atoms with van der Waals surface area (Å²) in [6, 6.07) is 13.2. The van der Waals surface area contributed by atoms with Gasteiger partial charge in [0.1, 0.15) is 11.3 Å². The predicted molar refractivity (Wildman–Crippen MR) is 78.7 cm³/mol. The van der Waals surface area contributed by atoms with Gasteiger partial charge in [0, 0.05) is 5.69 Å². The maximum absolute atomic E-state index is 13.6. The van der Waals surface area contributed by atoms with E-state index in [1.54, 1.807) is 6.07 Å². The van der Waals surface area contributed by atoms with Crippen molar-refractivity contribution in [2.24, 2.45) is 0 Å². The number of fused-ring (bicyclic) bond motifs is 1. The van der Waals surface area contributed by atoms with Gasteiger partial charge in [-0.3, -0.25) is 0 Å². The van der Waals surface area contributed by atoms with E-state index in [1.165, 1.54) is 23.0 Å². The second-order valence-corrected chi connectivity index (χ2v) is 5.31. The molecule has 0 amide bonds. The maximum Gasteiger partial charge on any atom is 0.188 e. The van der Waals surface area contributed by atoms with E-state index in [9.17, 15) is 4.39 Å². The van der Waals surface area contributed by atoms with Gasteiger partial charge in [-0.15, -0.1) is 0 Å². The number of nitrogens with one attached hydrogen (secondary N) is 1. The number of aromatic nitrogens is 1. The largest absolute Gasteiger partial charge is 0.332 e. The number of anilines is 2. The second-order valence-electron chi connectivity index (χ2n) is 4.28. The highest BCUT2D eigenvalue weighted by Crippen LogP contribution is 2.29. The van der Waals surface area contributed by atoms with Crippen LogP contribution in [0.2, 0.25) is 0 Å². The molecule has 2 aromatic carbocycles. The number of aryl methyl sites for hydroxylation is 1. The first-order valence-electron chi connectivity index (χ1n) is 6.17. The molecule has 0 unspecified atom stereocenters. The molecule has 0 fully saturated rings. The average Bonchev–Trinajstić information content (AvgIpc) is 2.84. The molecule has 0 aliphatic heterocycles. The monoisotopic (exact) mass is 272 g/mol. The molecule has 0 aliphatic carbocycles. The lowest BCUT2D eigenvalue weighted by Gasteiger charge is -2.03. The Kier molecular flexibility index (Phi) is 3.17. The van der Waals surface area contributed by atoms with E-state index >= 15 is 0 Å². The first-order valence-corrected chi connectivity index (χ1v) is 6.99. The summed E-state index contributed by atoms with van der Waals surface area (Å²) in [4.78, 5) is 4.28. The molecule has 4 heteroatoms. The van der Waals surface area contributed by atoms with Crippen molar-refractivity contribution in [3.63, 3.8) is 0 Å². The number of hydrogen-bond donors (Lipinski definition) is 1. The van der Waals surface area contributed by atoms with Crippen molar-refractivity contribution in [3.8, 4) is 0 Å². The quantitative estimate of drug-likeness (QED) is 0.744. The summed E-state index contributed by atoms with van der Waals surface area (Å²) < 4.78 is 14.4. The Morgan fingerprint density at radius 2 is 1.95 bits per heavy atom. The number of para-hydroxylation sites is 1. The van der Waals surface area contributed by atoms with E-state index < -0.39 is 0 Å². The number of halogens is 1. The van der Waals surface area contributed by atoms with Crippen molar-refractivity contribution in [2.45, 2.75) is 13.3 Å². The van der Waals surface area contributed by atoms with Gasteiger partial charge in [0.05, 0.1) is 4.70 Å². The summed E-state index contributed by atoms with van der Waals surface area (Å²) in [7, 11) is 0. The molecule has 0 spiro atoms. The molecule has 0 aliphatic rings. The van der Waals surface area contributed by atoms with E-state index in [0.717, 1.165) is 16.8 Å². The van der Waals surface area contributed by atoms with Crippen molar-refractivity contribution < 1.29 is 4.39 Å². The van der Waals surface area contributed by atoms with Crippen molar-refractivity contribution >= 4 is 32.4 Å². The smallest absolute Gasteiger partial charge is 0.188 e. The SMILES string of the molecule is CCc1ccc(Nc2nc3c(F)cccc3s2)cc1. The van der Waals surface area contributed by atoms with Crippen LogP contribution in [0.5, 0.6) is 0 Å². The number of nitrogens with zero attached hydrogens (tertiary/aromatic N) is 1. The van der Waals surface area contributed by atoms with Gasteiger partial charge in [-0.1, -0.05) is 36.5 Å². The number of hydrogen-bond acceptors (Lipinski definition) is 3. The lowest BCUT2D eigenvalue weighted by molar-refractivity contribution is 0.637. The van der Waals surface area contributed by atoms with Gasteiger partial charge in [0.25, 0.3) is 0 Å². The molecule has 96 valence electrons. The third-order valence-corrected chi connectivity index (χ3v) is 3.92. The van der Waals surface area contributed by atoms with Crippen LogP contribution in [-0.4, -0.2) is 4.98 Å². The van der Waals surface area contributed by atoms with Crippen LogP contribution in [0.15, 0.2) is 42.5 Å². The van der Waals surface area contributed by atoms with Gasteiger partial charge in [0.15, 0.2) is 5.13 Å². The molecule has 1 N–H and O–H groups in total. The Hall–Kier alpha value is -1.94. The molecular formula is C15H13FN2S. The zero-order valence-corrected chi connectivity index (χ0v) is 11.3. The Bertz CT molecular complexity index is 704. The highest BCUT2D eigenvalue weighted by Gasteiger charge is 2.07. The minimum atomic E-state index is -0.275. The van der Waals surface area contributed by atoms with Crippen molar-refractivity contribution in [3.05, 3.63) is 53.8 Å². The molecule has 0 saturated carbocycles. The van der Waals surface area contributed by atoms with E-state index in [1.807, 2.05) is 18.2 Å². The Labute approximate surface area is 114 Å². The van der Waals surface area contributed by atoms with E-state index in [4.69, 9.17) is 0 Å². The van der Waals surface area contributed by atoms with Gasteiger partial charge < -0.3 is 5.32 Å². The number of benzene rings is 2. The lowest BCUT2D eigenvalue weighted by Crippen LogP contribution is -1.89. The van der Waals surface area contributed by atoms with Crippen LogP contribution < -0.4 is 5.32 Å². The number of thiazole rings is 1. The summed E-state index contributed by atoms with van der Waals surface area (Å²) in [5.74, 6) is -0.275. The van der Waals surface area contributed by atoms with Gasteiger partial charge in [-0.05, 0) is 36.2 Å². The minimum Gasteiger partial charge on any atom is -0.332 e. The highest BCUT2D eigenvalue weighted by atomic mass is 32.1. The highest BCUT2D eigenvalue weighted by molar-refractivity contribution is 7.22. The third-order valence-electron chi connectivity index (χ3n) is 2.98. The zero-order valence-electron chi connectivity index (χ0n) is 10.5. The molecule has 19 heavy (non-hydrogen) atoms. The topological polar surface area (TPSA) is 24.9 Å². The Morgan fingerprint density at radius 3 is 2.63 bits per heavy atom. The first kappa shape index (κ1) is 12.1. The van der Waals surface area contributed by atoms with Crippen LogP contribution in [0.1, 0.15) is 12.5 Å². The normalized spacial score (nSPS) is 10.8. The first-order chi connectivity index (χ1) is 9.26. The summed E-state index contributed by atoms with van der Waals surface area (Å²) >= 11 is 1.45. The van der Waals surface area contributed by atoms with Crippen molar-refractivity contribution in [1.82, 2.24) is 4.98 Å². The van der Waals surface area contributed by atoms with Gasteiger partial charge in [-0.25, -0.2) is 9.37 Å². The van der Waals surface area contributed by atoms with E-state index in [2.05, 4.69) is 29.4 Å². The minimum absolute atomic E-state index is 0.275. The summed E-state index contributed by atoms with van der Waals surface area (Å²) in [6.07, 6.45) is 1.02. The zero-order chi connectivity index (χ0) is 13.2. The van der Waals surface area contributed by atoms with Crippen LogP contribution in [0.3, 0.4) is 0 Å². The Morgan fingerprint density at radius 1 is 1.16 bits per heavy atom. The van der Waals surface area contributed by atoms with Gasteiger partial charge in [-0.2, -0.15) is 0 Å². The molecule has 0 radical (unpaired) electrons. The maximum atomic E-state index is 13.6. The van der Waals surface area contributed by atoms with E-state index in [0.29, 0.717) is 10.6 Å². The molecule has 0 saturated heterocycles. The molecule has 0 bridgehead atoms. The average molecular weight is 272 g/mol. The number of rotatable bonds is 3. The second kappa shape index (κ2) is 4.97. The third kappa shape index (κ3) is 2.44. The van der Waals surface area contributed by atoms with E-state index in [-0.39, 0.29) is 5.82 Å². The summed E-state index contributed by atoms with van der Waals surface area (Å²) in [6.45, 7) is 2.12. The predicted octanol–water partition coefficient (Wildman–Crippen LogP) is 4.74. The molecule has 3 rings (SSSR count). The van der Waals surface area contributed by atoms with Crippen LogP contribution in [0.25, 0.3) is 10.2 Å². The van der Waals surface area contributed by atoms with Crippen molar-refractivity contribution in [2.75, 3.05) is 5.32 Å². The fourth-order valence-electron chi connectivity index (χ4n) is 1.92. The van der Waals surface area contributed by atoms with Crippen molar-refractivity contribution in [1.29, 1.82) is 0 Å². The summed E-state index contributed by atoms with van der Waals surface area (Å²) in [5.41, 5.74) is 2.69. The molecule has 2 nitrogen and oxygen atoms in total. The fourth-order valence-corrected chi connectivity index (χ4v) is 2.82. The van der Waals surface area contributed by atoms with Gasteiger partial charge in [0.2, 0.25) is 0 Å². The van der Waals surface area contributed by atoms with Crippen LogP contribution in [0.4, 0.5) is 15.2 Å². The molecule has 0 atom stereocenters. The lowest BCUT2D eigenvalue weighted by atomic mass is 10.1. The van der Waals surface area contributed by atoms with Crippen LogP contribution in [-0.2, 0) is 6.42 Å². The summed E-state index contributed by atoms with van der Waals surface area (Å²) in [5, 5.41) is 3.92. The molecule has 3 aromatic rings. The molecular weight excluding hydrogens is 259 g/mol. The van der Waals surface area contributed by atoms with Crippen LogP contribution in [0, 0.1) is 5.82 Å². The van der Waals surface area contributed by atoms with Crippen LogP contribution >= 0.6 is 11.3 Å². The molecule has 1 aromatic heterocycles. The Balaban J connectivity index is 1.90. The fraction of sp³-hybridized carbons (Fsp3) is 0.133. The molecule has 1 heterocycles. The standard InChI is InChI=1S/C15H13FN2S/c1-2-10-6-8-11(9-7-10)17-15-18-14-12(16)4-3-5-13(14)19-15/h3-9H,2H2,1H3,(H,17,18).